The maximum absolute atomic E-state index is 6.17. The Labute approximate surface area is 133 Å². The van der Waals surface area contributed by atoms with Crippen molar-refractivity contribution in [3.05, 3.63) is 34.3 Å². The first-order chi connectivity index (χ1) is 9.63. The van der Waals surface area contributed by atoms with Gasteiger partial charge in [-0.15, -0.1) is 0 Å². The number of ether oxygens (including phenoxy) is 1. The van der Waals surface area contributed by atoms with E-state index in [2.05, 4.69) is 45.6 Å². The molecule has 0 spiro atoms. The number of rotatable bonds is 3. The molecule has 1 aliphatic rings. The molecule has 118 valence electrons. The Morgan fingerprint density at radius 3 is 2.29 bits per heavy atom. The van der Waals surface area contributed by atoms with E-state index >= 15 is 0 Å². The molecule has 1 aromatic rings. The third kappa shape index (κ3) is 3.98. The van der Waals surface area contributed by atoms with Crippen LogP contribution in [0.3, 0.4) is 0 Å². The van der Waals surface area contributed by atoms with Gasteiger partial charge in [-0.3, -0.25) is 4.90 Å². The summed E-state index contributed by atoms with van der Waals surface area (Å²) in [5.74, 6) is 0. The van der Waals surface area contributed by atoms with Gasteiger partial charge >= 0.3 is 0 Å². The number of aryl methyl sites for hydroxylation is 1. The normalized spacial score (nSPS) is 23.0. The molecule has 3 nitrogen and oxygen atoms in total. The molecule has 21 heavy (non-hydrogen) atoms. The fraction of sp³-hybridized carbons (Fsp3) is 0.647. The van der Waals surface area contributed by atoms with Crippen molar-refractivity contribution in [1.29, 1.82) is 0 Å². The van der Waals surface area contributed by atoms with Crippen LogP contribution in [0.2, 0.25) is 5.02 Å². The predicted molar refractivity (Wildman–Crippen MR) is 88.8 cm³/mol. The van der Waals surface area contributed by atoms with Gasteiger partial charge in [0.1, 0.15) is 0 Å². The number of morpholine rings is 1. The Balaban J connectivity index is 2.32. The molecule has 2 rings (SSSR count). The van der Waals surface area contributed by atoms with Crippen LogP contribution >= 0.6 is 11.6 Å². The highest BCUT2D eigenvalue weighted by Gasteiger charge is 2.40. The van der Waals surface area contributed by atoms with Crippen molar-refractivity contribution in [1.82, 2.24) is 4.90 Å². The lowest BCUT2D eigenvalue weighted by molar-refractivity contribution is -0.187. The third-order valence-corrected chi connectivity index (χ3v) is 4.21. The lowest BCUT2D eigenvalue weighted by Gasteiger charge is -2.49. The van der Waals surface area contributed by atoms with Gasteiger partial charge < -0.3 is 10.5 Å². The quantitative estimate of drug-likeness (QED) is 0.928. The largest absolute Gasteiger partial charge is 0.367 e. The summed E-state index contributed by atoms with van der Waals surface area (Å²) in [7, 11) is 0. The molecule has 1 saturated heterocycles. The molecule has 4 heteroatoms. The summed E-state index contributed by atoms with van der Waals surface area (Å²) in [4.78, 5) is 2.44. The molecule has 1 aliphatic heterocycles. The smallest absolute Gasteiger partial charge is 0.0761 e. The molecule has 0 aromatic heterocycles. The number of hydrogen-bond donors (Lipinski definition) is 1. The summed E-state index contributed by atoms with van der Waals surface area (Å²) in [5.41, 5.74) is 8.22. The Hall–Kier alpha value is -0.610. The fourth-order valence-corrected chi connectivity index (χ4v) is 3.78. The highest BCUT2D eigenvalue weighted by Crippen LogP contribution is 2.34. The average molecular weight is 311 g/mol. The van der Waals surface area contributed by atoms with Crippen LogP contribution in [-0.2, 0) is 4.74 Å². The van der Waals surface area contributed by atoms with Gasteiger partial charge in [0.15, 0.2) is 0 Å². The van der Waals surface area contributed by atoms with Crippen molar-refractivity contribution in [2.24, 2.45) is 5.73 Å². The minimum Gasteiger partial charge on any atom is -0.367 e. The van der Waals surface area contributed by atoms with E-state index in [1.165, 1.54) is 11.1 Å². The lowest BCUT2D eigenvalue weighted by Crippen LogP contribution is -2.58. The summed E-state index contributed by atoms with van der Waals surface area (Å²) in [6.07, 6.45) is 0. The molecule has 1 atom stereocenters. The zero-order valence-corrected chi connectivity index (χ0v) is 14.5. The molecule has 1 unspecified atom stereocenters. The number of halogens is 1. The van der Waals surface area contributed by atoms with Crippen LogP contribution < -0.4 is 5.73 Å². The van der Waals surface area contributed by atoms with Crippen molar-refractivity contribution < 1.29 is 4.74 Å². The van der Waals surface area contributed by atoms with Crippen LogP contribution in [0.15, 0.2) is 18.2 Å². The average Bonchev–Trinajstić information content (AvgIpc) is 2.28. The van der Waals surface area contributed by atoms with Crippen LogP contribution in [0.1, 0.15) is 44.9 Å². The first kappa shape index (κ1) is 16.8. The minimum atomic E-state index is -0.171. The Bertz CT molecular complexity index is 498. The summed E-state index contributed by atoms with van der Waals surface area (Å²) in [5, 5.41) is 0.773. The third-order valence-electron chi connectivity index (χ3n) is 3.98. The molecule has 0 radical (unpaired) electrons. The molecule has 0 aliphatic carbocycles. The van der Waals surface area contributed by atoms with E-state index in [-0.39, 0.29) is 17.2 Å². The predicted octanol–water partition coefficient (Wildman–Crippen LogP) is 3.54. The van der Waals surface area contributed by atoms with Gasteiger partial charge in [-0.05, 0) is 57.9 Å². The monoisotopic (exact) mass is 310 g/mol. The van der Waals surface area contributed by atoms with Crippen molar-refractivity contribution in [3.8, 4) is 0 Å². The summed E-state index contributed by atoms with van der Waals surface area (Å²) < 4.78 is 6.17. The maximum Gasteiger partial charge on any atom is 0.0761 e. The molecule has 0 amide bonds. The molecule has 1 fully saturated rings. The highest BCUT2D eigenvalue weighted by atomic mass is 35.5. The van der Waals surface area contributed by atoms with E-state index in [0.717, 1.165) is 18.1 Å². The number of benzene rings is 1. The SMILES string of the molecule is Cc1cc(Cl)ccc1C(CN)N1CC(C)(C)OC(C)(C)C1. The van der Waals surface area contributed by atoms with Gasteiger partial charge in [0.25, 0.3) is 0 Å². The van der Waals surface area contributed by atoms with E-state index in [4.69, 9.17) is 22.1 Å². The lowest BCUT2D eigenvalue weighted by atomic mass is 9.93. The zero-order chi connectivity index (χ0) is 15.8. The van der Waals surface area contributed by atoms with E-state index in [1.807, 2.05) is 12.1 Å². The minimum absolute atomic E-state index is 0.171. The van der Waals surface area contributed by atoms with Crippen LogP contribution in [0, 0.1) is 6.92 Å². The number of nitrogens with two attached hydrogens (primary N) is 1. The standard InChI is InChI=1S/C17H27ClN2O/c1-12-8-13(18)6-7-14(12)15(9-19)20-10-16(2,3)21-17(4,5)11-20/h6-8,15H,9-11,19H2,1-5H3. The van der Waals surface area contributed by atoms with Gasteiger partial charge in [0, 0.05) is 30.7 Å². The van der Waals surface area contributed by atoms with E-state index in [0.29, 0.717) is 6.54 Å². The second-order valence-corrected chi connectivity index (χ2v) is 7.72. The Morgan fingerprint density at radius 1 is 1.24 bits per heavy atom. The van der Waals surface area contributed by atoms with E-state index < -0.39 is 0 Å². The molecule has 0 bridgehead atoms. The molecule has 1 heterocycles. The second-order valence-electron chi connectivity index (χ2n) is 7.28. The molecular weight excluding hydrogens is 284 g/mol. The van der Waals surface area contributed by atoms with Crippen molar-refractivity contribution in [2.45, 2.75) is 51.9 Å². The van der Waals surface area contributed by atoms with Crippen LogP contribution in [0.4, 0.5) is 0 Å². The van der Waals surface area contributed by atoms with Crippen LogP contribution in [-0.4, -0.2) is 35.7 Å². The fourth-order valence-electron chi connectivity index (χ4n) is 3.55. The molecule has 0 saturated carbocycles. The van der Waals surface area contributed by atoms with Gasteiger partial charge in [-0.1, -0.05) is 17.7 Å². The Morgan fingerprint density at radius 2 is 1.81 bits per heavy atom. The highest BCUT2D eigenvalue weighted by molar-refractivity contribution is 6.30. The summed E-state index contributed by atoms with van der Waals surface area (Å²) in [6.45, 7) is 13.0. The van der Waals surface area contributed by atoms with Crippen LogP contribution in [0.25, 0.3) is 0 Å². The maximum atomic E-state index is 6.17. The number of nitrogens with zero attached hydrogens (tertiary/aromatic N) is 1. The summed E-state index contributed by atoms with van der Waals surface area (Å²) in [6, 6.07) is 6.26. The van der Waals surface area contributed by atoms with Crippen molar-refractivity contribution >= 4 is 11.6 Å². The van der Waals surface area contributed by atoms with Gasteiger partial charge in [0.2, 0.25) is 0 Å². The molecule has 1 aromatic carbocycles. The molecule has 2 N–H and O–H groups in total. The van der Waals surface area contributed by atoms with Gasteiger partial charge in [-0.2, -0.15) is 0 Å². The van der Waals surface area contributed by atoms with Crippen molar-refractivity contribution in [3.63, 3.8) is 0 Å². The van der Waals surface area contributed by atoms with E-state index in [9.17, 15) is 0 Å². The van der Waals surface area contributed by atoms with Gasteiger partial charge in [0.05, 0.1) is 11.2 Å². The topological polar surface area (TPSA) is 38.5 Å². The molecular formula is C17H27ClN2O. The first-order valence-corrected chi connectivity index (χ1v) is 7.92. The number of hydrogen-bond acceptors (Lipinski definition) is 3. The zero-order valence-electron chi connectivity index (χ0n) is 13.7. The second kappa shape index (κ2) is 5.88. The van der Waals surface area contributed by atoms with E-state index in [1.54, 1.807) is 0 Å². The Kier molecular flexibility index (Phi) is 4.69. The first-order valence-electron chi connectivity index (χ1n) is 7.54. The van der Waals surface area contributed by atoms with Gasteiger partial charge in [-0.25, -0.2) is 0 Å². The summed E-state index contributed by atoms with van der Waals surface area (Å²) >= 11 is 6.08. The van der Waals surface area contributed by atoms with Crippen molar-refractivity contribution in [2.75, 3.05) is 19.6 Å². The van der Waals surface area contributed by atoms with Crippen LogP contribution in [0.5, 0.6) is 0 Å².